The van der Waals surface area contributed by atoms with E-state index in [1.54, 1.807) is 7.11 Å². The number of nitrogens with one attached hydrogen (secondary N) is 1. The monoisotopic (exact) mass is 476 g/mol. The number of rotatable bonds is 7. The molecule has 0 amide bonds. The highest BCUT2D eigenvalue weighted by atomic mass is 32.1. The molecule has 2 N–H and O–H groups in total. The Morgan fingerprint density at radius 1 is 1.15 bits per heavy atom. The van der Waals surface area contributed by atoms with Gasteiger partial charge in [0.15, 0.2) is 0 Å². The van der Waals surface area contributed by atoms with E-state index in [-0.39, 0.29) is 4.74 Å². The molecule has 176 valence electrons. The second-order valence-electron chi connectivity index (χ2n) is 9.03. The maximum atomic E-state index is 11.6. The van der Waals surface area contributed by atoms with Gasteiger partial charge >= 0.3 is 0 Å². The molecule has 1 aliphatic carbocycles. The third kappa shape index (κ3) is 5.09. The fraction of sp³-hybridized carbons (Fsp3) is 0.385. The highest BCUT2D eigenvalue weighted by Gasteiger charge is 2.32. The lowest BCUT2D eigenvalue weighted by molar-refractivity contribution is -0.0108. The number of benzene rings is 1. The van der Waals surface area contributed by atoms with Gasteiger partial charge in [0.25, 0.3) is 4.74 Å². The molecule has 0 aliphatic heterocycles. The summed E-state index contributed by atoms with van der Waals surface area (Å²) in [7, 11) is 1.63. The Morgan fingerprint density at radius 2 is 2.00 bits per heavy atom. The topological polar surface area (TPSA) is 97.2 Å². The number of hydrogen-bond acceptors (Lipinski definition) is 8. The molecule has 8 heteroatoms. The Labute approximate surface area is 201 Å². The maximum absolute atomic E-state index is 11.6. The van der Waals surface area contributed by atoms with E-state index >= 15 is 0 Å². The van der Waals surface area contributed by atoms with Gasteiger partial charge < -0.3 is 15.2 Å². The van der Waals surface area contributed by atoms with E-state index < -0.39 is 5.60 Å². The van der Waals surface area contributed by atoms with E-state index in [9.17, 15) is 9.90 Å². The second-order valence-corrected chi connectivity index (χ2v) is 10.0. The van der Waals surface area contributed by atoms with Crippen LogP contribution in [0.1, 0.15) is 43.4 Å². The lowest BCUT2D eigenvalue weighted by Gasteiger charge is -2.36. The number of aliphatic hydroxyl groups is 1. The molecule has 3 aromatic heterocycles. The number of para-hydroxylation sites is 1. The van der Waals surface area contributed by atoms with Gasteiger partial charge in [0.2, 0.25) is 5.88 Å². The fourth-order valence-electron chi connectivity index (χ4n) is 4.72. The number of ether oxygens (including phenoxy) is 1. The largest absolute Gasteiger partial charge is 0.481 e. The van der Waals surface area contributed by atoms with Crippen LogP contribution in [0.3, 0.4) is 0 Å². The molecule has 1 aliphatic rings. The van der Waals surface area contributed by atoms with Gasteiger partial charge in [-0.05, 0) is 62.3 Å². The van der Waals surface area contributed by atoms with Crippen molar-refractivity contribution in [3.8, 4) is 5.88 Å². The van der Waals surface area contributed by atoms with Gasteiger partial charge in [-0.2, -0.15) is 0 Å². The van der Waals surface area contributed by atoms with Crippen LogP contribution in [0.15, 0.2) is 53.5 Å². The van der Waals surface area contributed by atoms with Crippen LogP contribution in [0.5, 0.6) is 5.88 Å². The zero-order valence-corrected chi connectivity index (χ0v) is 20.0. The van der Waals surface area contributed by atoms with Crippen molar-refractivity contribution >= 4 is 32.6 Å². The van der Waals surface area contributed by atoms with Crippen LogP contribution in [0.4, 0.5) is 0 Å². The number of methoxy groups -OCH3 is 1. The lowest BCUT2D eigenvalue weighted by Crippen LogP contribution is -2.41. The van der Waals surface area contributed by atoms with Crippen molar-refractivity contribution in [3.05, 3.63) is 69.5 Å². The molecule has 0 radical (unpaired) electrons. The molecule has 1 aromatic carbocycles. The Morgan fingerprint density at radius 3 is 2.82 bits per heavy atom. The van der Waals surface area contributed by atoms with Crippen LogP contribution in [0.25, 0.3) is 21.3 Å². The average Bonchev–Trinajstić information content (AvgIpc) is 2.86. The van der Waals surface area contributed by atoms with Crippen molar-refractivity contribution in [2.45, 2.75) is 56.7 Å². The third-order valence-corrected chi connectivity index (χ3v) is 7.54. The fourth-order valence-corrected chi connectivity index (χ4v) is 5.40. The van der Waals surface area contributed by atoms with E-state index in [1.807, 2.05) is 30.3 Å². The third-order valence-electron chi connectivity index (χ3n) is 6.74. The van der Waals surface area contributed by atoms with Gasteiger partial charge in [-0.25, -0.2) is 15.0 Å². The summed E-state index contributed by atoms with van der Waals surface area (Å²) >= 11 is 1.12. The van der Waals surface area contributed by atoms with Crippen molar-refractivity contribution in [1.29, 1.82) is 0 Å². The minimum absolute atomic E-state index is 0.0879. The summed E-state index contributed by atoms with van der Waals surface area (Å²) in [6.45, 7) is 0.637. The molecular formula is C26H28N4O3S. The number of nitrogens with zero attached hydrogens (tertiary/aromatic N) is 3. The first-order chi connectivity index (χ1) is 16.5. The molecular weight excluding hydrogens is 448 g/mol. The predicted octanol–water partition coefficient (Wildman–Crippen LogP) is 4.00. The molecule has 7 nitrogen and oxygen atoms in total. The Kier molecular flexibility index (Phi) is 6.54. The average molecular weight is 477 g/mol. The quantitative estimate of drug-likeness (QED) is 0.416. The van der Waals surface area contributed by atoms with E-state index in [0.717, 1.165) is 77.5 Å². The standard InChI is InChI=1S/C26H28N4O3S/c1-33-22-8-5-17-3-2-4-18(24(17)30-22)9-12-26(32)13-10-19(11-14-26)27-15-20-6-7-21-25(29-20)34-23(31)16-28-21/h2-8,16,19,27,32H,9-15H2,1H3. The van der Waals surface area contributed by atoms with Crippen molar-refractivity contribution in [2.24, 2.45) is 0 Å². The van der Waals surface area contributed by atoms with Crippen molar-refractivity contribution in [3.63, 3.8) is 0 Å². The number of pyridine rings is 2. The van der Waals surface area contributed by atoms with Crippen LogP contribution < -0.4 is 14.8 Å². The van der Waals surface area contributed by atoms with Gasteiger partial charge in [0.1, 0.15) is 4.83 Å². The summed E-state index contributed by atoms with van der Waals surface area (Å²) in [6.07, 6.45) is 6.20. The maximum Gasteiger partial charge on any atom is 0.252 e. The van der Waals surface area contributed by atoms with Crippen molar-refractivity contribution < 1.29 is 9.84 Å². The van der Waals surface area contributed by atoms with Gasteiger partial charge in [-0.1, -0.05) is 29.5 Å². The normalized spacial score (nSPS) is 20.6. The van der Waals surface area contributed by atoms with Crippen molar-refractivity contribution in [2.75, 3.05) is 7.11 Å². The smallest absolute Gasteiger partial charge is 0.252 e. The minimum atomic E-state index is -0.654. The molecule has 0 saturated heterocycles. The molecule has 1 saturated carbocycles. The number of aryl methyl sites for hydroxylation is 1. The van der Waals surface area contributed by atoms with Gasteiger partial charge in [-0.3, -0.25) is 4.79 Å². The van der Waals surface area contributed by atoms with Crippen molar-refractivity contribution in [1.82, 2.24) is 20.3 Å². The highest BCUT2D eigenvalue weighted by molar-refractivity contribution is 7.15. The lowest BCUT2D eigenvalue weighted by atomic mass is 9.78. The highest BCUT2D eigenvalue weighted by Crippen LogP contribution is 2.33. The molecule has 3 heterocycles. The van der Waals surface area contributed by atoms with E-state index in [2.05, 4.69) is 32.4 Å². The molecule has 1 fully saturated rings. The van der Waals surface area contributed by atoms with E-state index in [4.69, 9.17) is 4.74 Å². The zero-order valence-electron chi connectivity index (χ0n) is 19.2. The predicted molar refractivity (Wildman–Crippen MR) is 134 cm³/mol. The van der Waals surface area contributed by atoms with Crippen LogP contribution in [0, 0.1) is 0 Å². The molecule has 0 atom stereocenters. The SMILES string of the molecule is COc1ccc2cccc(CCC3(O)CCC(NCc4ccc5ncc(=O)sc5n4)CC3)c2n1. The van der Waals surface area contributed by atoms with Gasteiger partial charge in [0.05, 0.1) is 35.6 Å². The first-order valence-electron chi connectivity index (χ1n) is 11.7. The molecule has 34 heavy (non-hydrogen) atoms. The Hall–Kier alpha value is -2.94. The summed E-state index contributed by atoms with van der Waals surface area (Å²) < 4.78 is 5.21. The Bertz CT molecular complexity index is 1370. The van der Waals surface area contributed by atoms with Crippen LogP contribution in [0.2, 0.25) is 0 Å². The van der Waals surface area contributed by atoms with Crippen LogP contribution >= 0.6 is 11.3 Å². The minimum Gasteiger partial charge on any atom is -0.481 e. The zero-order chi connectivity index (χ0) is 23.5. The van der Waals surface area contributed by atoms with Gasteiger partial charge in [0, 0.05) is 24.0 Å². The van der Waals surface area contributed by atoms with Crippen LogP contribution in [-0.4, -0.2) is 38.8 Å². The first-order valence-corrected chi connectivity index (χ1v) is 12.5. The summed E-state index contributed by atoms with van der Waals surface area (Å²) in [4.78, 5) is 25.6. The number of aromatic nitrogens is 3. The van der Waals surface area contributed by atoms with Gasteiger partial charge in [-0.15, -0.1) is 0 Å². The summed E-state index contributed by atoms with van der Waals surface area (Å²) in [5, 5.41) is 15.9. The van der Waals surface area contributed by atoms with E-state index in [0.29, 0.717) is 23.3 Å². The second kappa shape index (κ2) is 9.74. The Balaban J connectivity index is 1.16. The summed E-state index contributed by atoms with van der Waals surface area (Å²) in [5.74, 6) is 0.608. The number of fused-ring (bicyclic) bond motifs is 2. The number of hydrogen-bond donors (Lipinski definition) is 2. The molecule has 0 spiro atoms. The molecule has 0 unspecified atom stereocenters. The summed E-state index contributed by atoms with van der Waals surface area (Å²) in [5.41, 5.74) is 3.08. The summed E-state index contributed by atoms with van der Waals surface area (Å²) in [6, 6.07) is 14.3. The molecule has 5 rings (SSSR count). The first kappa shape index (κ1) is 22.8. The molecule has 4 aromatic rings. The molecule has 0 bridgehead atoms. The van der Waals surface area contributed by atoms with E-state index in [1.165, 1.54) is 6.20 Å². The van der Waals surface area contributed by atoms with Crippen LogP contribution in [-0.2, 0) is 13.0 Å².